The van der Waals surface area contributed by atoms with E-state index in [9.17, 15) is 0 Å². The summed E-state index contributed by atoms with van der Waals surface area (Å²) in [5.41, 5.74) is 1.08. The number of nitrogens with zero attached hydrogens (tertiary/aromatic N) is 2. The molecule has 4 heteroatoms. The number of thioether (sulfide) groups is 1. The maximum atomic E-state index is 4.41. The van der Waals surface area contributed by atoms with E-state index in [1.807, 2.05) is 6.92 Å². The smallest absolute Gasteiger partial charge is 0.127 e. The molecule has 0 N–H and O–H groups in total. The Morgan fingerprint density at radius 3 is 2.77 bits per heavy atom. The predicted molar refractivity (Wildman–Crippen MR) is 58.7 cm³/mol. The molecule has 2 rings (SSSR count). The minimum atomic E-state index is 0.856. The molecule has 0 aliphatic heterocycles. The molecule has 0 atom stereocenters. The molecule has 13 heavy (non-hydrogen) atoms. The van der Waals surface area contributed by atoms with Crippen molar-refractivity contribution >= 4 is 34.0 Å². The highest BCUT2D eigenvalue weighted by Crippen LogP contribution is 2.30. The zero-order valence-corrected chi connectivity index (χ0v) is 9.42. The monoisotopic (exact) mass is 210 g/mol. The third kappa shape index (κ3) is 1.44. The average molecular weight is 210 g/mol. The third-order valence-corrected chi connectivity index (χ3v) is 3.49. The van der Waals surface area contributed by atoms with E-state index in [2.05, 4.69) is 28.5 Å². The van der Waals surface area contributed by atoms with E-state index in [1.54, 1.807) is 23.1 Å². The summed E-state index contributed by atoms with van der Waals surface area (Å²) in [6.45, 7) is 4.05. The summed E-state index contributed by atoms with van der Waals surface area (Å²) in [6.07, 6.45) is 2.05. The van der Waals surface area contributed by atoms with Gasteiger partial charge in [0.15, 0.2) is 0 Å². The number of aryl methyl sites for hydroxylation is 2. The maximum Gasteiger partial charge on any atom is 0.127 e. The van der Waals surface area contributed by atoms with Crippen LogP contribution in [0.1, 0.15) is 10.7 Å². The van der Waals surface area contributed by atoms with Gasteiger partial charge in [0.1, 0.15) is 10.9 Å². The molecule has 2 aromatic heterocycles. The van der Waals surface area contributed by atoms with E-state index in [0.717, 1.165) is 16.4 Å². The van der Waals surface area contributed by atoms with Crippen molar-refractivity contribution in [2.45, 2.75) is 18.9 Å². The van der Waals surface area contributed by atoms with Crippen LogP contribution in [0.15, 0.2) is 10.4 Å². The van der Waals surface area contributed by atoms with E-state index in [-0.39, 0.29) is 0 Å². The predicted octanol–water partition coefficient (Wildman–Crippen LogP) is 3.03. The Bertz CT molecular complexity index is 448. The Kier molecular flexibility index (Phi) is 2.26. The molecule has 2 aromatic rings. The Labute approximate surface area is 85.4 Å². The second-order valence-electron chi connectivity index (χ2n) is 2.83. The van der Waals surface area contributed by atoms with Gasteiger partial charge in [-0.2, -0.15) is 0 Å². The van der Waals surface area contributed by atoms with E-state index < -0.39 is 0 Å². The molecule has 0 saturated carbocycles. The number of hydrogen-bond acceptors (Lipinski definition) is 4. The largest absolute Gasteiger partial charge is 0.232 e. The summed E-state index contributed by atoms with van der Waals surface area (Å²) in [6, 6.07) is 0. The fourth-order valence-corrected chi connectivity index (χ4v) is 2.86. The molecule has 0 unspecified atom stereocenters. The van der Waals surface area contributed by atoms with Crippen LogP contribution in [0.2, 0.25) is 0 Å². The lowest BCUT2D eigenvalue weighted by Crippen LogP contribution is -1.90. The van der Waals surface area contributed by atoms with Crippen LogP contribution in [-0.4, -0.2) is 16.2 Å². The van der Waals surface area contributed by atoms with Crippen molar-refractivity contribution in [3.05, 3.63) is 16.1 Å². The Morgan fingerprint density at radius 1 is 1.31 bits per heavy atom. The Balaban J connectivity index is 2.85. The first-order valence-corrected chi connectivity index (χ1v) is 6.09. The SMILES string of the molecule is CSc1nc(C)nc2csc(C)c12. The molecule has 0 aliphatic rings. The first-order valence-electron chi connectivity index (χ1n) is 3.99. The quantitative estimate of drug-likeness (QED) is 0.534. The van der Waals surface area contributed by atoms with Crippen molar-refractivity contribution in [3.63, 3.8) is 0 Å². The van der Waals surface area contributed by atoms with Gasteiger partial charge in [0.05, 0.1) is 5.52 Å². The Hall–Kier alpha value is -0.610. The average Bonchev–Trinajstić information content (AvgIpc) is 2.46. The third-order valence-electron chi connectivity index (χ3n) is 1.91. The van der Waals surface area contributed by atoms with Crippen molar-refractivity contribution in [1.82, 2.24) is 9.97 Å². The molecule has 0 aromatic carbocycles. The van der Waals surface area contributed by atoms with Crippen LogP contribution in [0.25, 0.3) is 10.9 Å². The van der Waals surface area contributed by atoms with Gasteiger partial charge in [-0.1, -0.05) is 0 Å². The molecule has 0 fully saturated rings. The number of rotatable bonds is 1. The number of thiophene rings is 1. The van der Waals surface area contributed by atoms with Crippen LogP contribution < -0.4 is 0 Å². The zero-order valence-electron chi connectivity index (χ0n) is 7.79. The molecule has 68 valence electrons. The standard InChI is InChI=1S/C9H10N2S2/c1-5-8-7(4-13-5)10-6(2)11-9(8)12-3/h4H,1-3H3. The van der Waals surface area contributed by atoms with Crippen LogP contribution in [0.4, 0.5) is 0 Å². The number of hydrogen-bond donors (Lipinski definition) is 0. The number of aromatic nitrogens is 2. The summed E-state index contributed by atoms with van der Waals surface area (Å²) in [7, 11) is 0. The molecule has 0 saturated heterocycles. The second-order valence-corrected chi connectivity index (χ2v) is 4.71. The van der Waals surface area contributed by atoms with Gasteiger partial charge in [0.2, 0.25) is 0 Å². The van der Waals surface area contributed by atoms with Crippen LogP contribution in [-0.2, 0) is 0 Å². The van der Waals surface area contributed by atoms with Crippen molar-refractivity contribution in [2.24, 2.45) is 0 Å². The molecular formula is C9H10N2S2. The molecule has 2 nitrogen and oxygen atoms in total. The van der Waals surface area contributed by atoms with Crippen LogP contribution >= 0.6 is 23.1 Å². The van der Waals surface area contributed by atoms with Crippen molar-refractivity contribution in [3.8, 4) is 0 Å². The van der Waals surface area contributed by atoms with E-state index in [1.165, 1.54) is 10.3 Å². The molecule has 0 amide bonds. The van der Waals surface area contributed by atoms with Crippen molar-refractivity contribution < 1.29 is 0 Å². The van der Waals surface area contributed by atoms with Crippen molar-refractivity contribution in [2.75, 3.05) is 6.26 Å². The van der Waals surface area contributed by atoms with Crippen LogP contribution in [0, 0.1) is 13.8 Å². The van der Waals surface area contributed by atoms with Gasteiger partial charge in [-0.3, -0.25) is 0 Å². The zero-order chi connectivity index (χ0) is 9.42. The first-order chi connectivity index (χ1) is 6.22. The van der Waals surface area contributed by atoms with Gasteiger partial charge >= 0.3 is 0 Å². The highest BCUT2D eigenvalue weighted by molar-refractivity contribution is 7.98. The Morgan fingerprint density at radius 2 is 2.08 bits per heavy atom. The van der Waals surface area contributed by atoms with Gasteiger partial charge in [0, 0.05) is 15.6 Å². The highest BCUT2D eigenvalue weighted by atomic mass is 32.2. The highest BCUT2D eigenvalue weighted by Gasteiger charge is 2.08. The molecule has 0 aliphatic carbocycles. The van der Waals surface area contributed by atoms with Crippen LogP contribution in [0.5, 0.6) is 0 Å². The van der Waals surface area contributed by atoms with Crippen LogP contribution in [0.3, 0.4) is 0 Å². The topological polar surface area (TPSA) is 25.8 Å². The minimum absolute atomic E-state index is 0.856. The molecule has 0 radical (unpaired) electrons. The lowest BCUT2D eigenvalue weighted by atomic mass is 10.3. The molecule has 0 bridgehead atoms. The maximum absolute atomic E-state index is 4.41. The normalized spacial score (nSPS) is 11.0. The molecular weight excluding hydrogens is 200 g/mol. The summed E-state index contributed by atoms with van der Waals surface area (Å²) < 4.78 is 0. The fourth-order valence-electron chi connectivity index (χ4n) is 1.33. The second kappa shape index (κ2) is 3.27. The van der Waals surface area contributed by atoms with Gasteiger partial charge in [-0.15, -0.1) is 23.1 Å². The van der Waals surface area contributed by atoms with Gasteiger partial charge in [0.25, 0.3) is 0 Å². The van der Waals surface area contributed by atoms with Gasteiger partial charge < -0.3 is 0 Å². The van der Waals surface area contributed by atoms with E-state index in [0.29, 0.717) is 0 Å². The van der Waals surface area contributed by atoms with E-state index >= 15 is 0 Å². The summed E-state index contributed by atoms with van der Waals surface area (Å²) in [5, 5.41) is 4.42. The summed E-state index contributed by atoms with van der Waals surface area (Å²) in [4.78, 5) is 10.1. The lowest BCUT2D eigenvalue weighted by molar-refractivity contribution is 1.01. The van der Waals surface area contributed by atoms with Gasteiger partial charge in [-0.25, -0.2) is 9.97 Å². The molecule has 0 spiro atoms. The summed E-state index contributed by atoms with van der Waals surface area (Å²) in [5.74, 6) is 0.856. The lowest BCUT2D eigenvalue weighted by Gasteiger charge is -2.00. The van der Waals surface area contributed by atoms with Crippen molar-refractivity contribution in [1.29, 1.82) is 0 Å². The summed E-state index contributed by atoms with van der Waals surface area (Å²) >= 11 is 3.43. The molecule has 2 heterocycles. The number of fused-ring (bicyclic) bond motifs is 1. The minimum Gasteiger partial charge on any atom is -0.232 e. The van der Waals surface area contributed by atoms with Gasteiger partial charge in [-0.05, 0) is 20.1 Å². The van der Waals surface area contributed by atoms with E-state index in [4.69, 9.17) is 0 Å². The fraction of sp³-hybridized carbons (Fsp3) is 0.333. The first kappa shape index (κ1) is 8.97.